The van der Waals surface area contributed by atoms with Gasteiger partial charge >= 0.3 is 0 Å². The summed E-state index contributed by atoms with van der Waals surface area (Å²) in [5.74, 6) is 0. The van der Waals surface area contributed by atoms with Crippen molar-refractivity contribution in [3.05, 3.63) is 41.2 Å². The van der Waals surface area contributed by atoms with Crippen LogP contribution in [-0.2, 0) is 0 Å². The Labute approximate surface area is 105 Å². The monoisotopic (exact) mass is 245 g/mol. The maximum absolute atomic E-state index is 5.68. The van der Waals surface area contributed by atoms with Gasteiger partial charge < -0.3 is 5.73 Å². The number of hydrogen-bond acceptors (Lipinski definition) is 4. The van der Waals surface area contributed by atoms with Crippen molar-refractivity contribution in [3.8, 4) is 0 Å². The highest BCUT2D eigenvalue weighted by atomic mass is 32.2. The first-order chi connectivity index (χ1) is 8.04. The summed E-state index contributed by atoms with van der Waals surface area (Å²) in [6, 6.07) is 6.06. The van der Waals surface area contributed by atoms with E-state index in [2.05, 4.69) is 29.0 Å². The molecule has 4 heteroatoms. The molecule has 0 bridgehead atoms. The molecule has 2 rings (SSSR count). The standard InChI is InChI=1S/C13H15N3S/c1-8-4-10(3)16-12(5-8)17-13-9(2)6-11(14)7-15-13/h4-7H,14H2,1-3H3. The number of rotatable bonds is 2. The quantitative estimate of drug-likeness (QED) is 0.883. The van der Waals surface area contributed by atoms with E-state index in [-0.39, 0.29) is 0 Å². The Hall–Kier alpha value is -1.55. The fourth-order valence-corrected chi connectivity index (χ4v) is 2.60. The third-order valence-corrected chi connectivity index (χ3v) is 3.37. The first kappa shape index (κ1) is 11.9. The molecule has 0 radical (unpaired) electrons. The molecular formula is C13H15N3S. The van der Waals surface area contributed by atoms with Crippen LogP contribution in [-0.4, -0.2) is 9.97 Å². The summed E-state index contributed by atoms with van der Waals surface area (Å²) in [4.78, 5) is 8.81. The normalized spacial score (nSPS) is 10.5. The number of pyridine rings is 2. The third-order valence-electron chi connectivity index (χ3n) is 2.33. The molecule has 2 aromatic rings. The summed E-state index contributed by atoms with van der Waals surface area (Å²) in [5, 5.41) is 1.93. The van der Waals surface area contributed by atoms with Gasteiger partial charge in [-0.15, -0.1) is 0 Å². The van der Waals surface area contributed by atoms with Crippen molar-refractivity contribution in [1.29, 1.82) is 0 Å². The molecule has 0 aromatic carbocycles. The molecule has 0 saturated carbocycles. The molecule has 0 saturated heterocycles. The maximum Gasteiger partial charge on any atom is 0.105 e. The third kappa shape index (κ3) is 2.97. The van der Waals surface area contributed by atoms with E-state index in [1.165, 1.54) is 5.56 Å². The topological polar surface area (TPSA) is 51.8 Å². The molecule has 0 fully saturated rings. The van der Waals surface area contributed by atoms with E-state index in [9.17, 15) is 0 Å². The van der Waals surface area contributed by atoms with Crippen LogP contribution in [0.5, 0.6) is 0 Å². The number of aromatic nitrogens is 2. The van der Waals surface area contributed by atoms with E-state index in [1.54, 1.807) is 18.0 Å². The van der Waals surface area contributed by atoms with Gasteiger partial charge in [0.05, 0.1) is 11.9 Å². The van der Waals surface area contributed by atoms with Gasteiger partial charge in [0, 0.05) is 5.69 Å². The highest BCUT2D eigenvalue weighted by Gasteiger charge is 2.05. The van der Waals surface area contributed by atoms with Gasteiger partial charge in [0.2, 0.25) is 0 Å². The molecule has 0 spiro atoms. The molecule has 3 nitrogen and oxygen atoms in total. The van der Waals surface area contributed by atoms with Crippen LogP contribution in [0.25, 0.3) is 0 Å². The van der Waals surface area contributed by atoms with Crippen molar-refractivity contribution in [2.24, 2.45) is 0 Å². The van der Waals surface area contributed by atoms with Crippen LogP contribution in [0.15, 0.2) is 34.4 Å². The molecule has 2 heterocycles. The summed E-state index contributed by atoms with van der Waals surface area (Å²) < 4.78 is 0. The minimum absolute atomic E-state index is 0.695. The largest absolute Gasteiger partial charge is 0.397 e. The Morgan fingerprint density at radius 1 is 1.12 bits per heavy atom. The van der Waals surface area contributed by atoms with Crippen molar-refractivity contribution >= 4 is 17.4 Å². The predicted octanol–water partition coefficient (Wildman–Crippen LogP) is 3.14. The zero-order valence-electron chi connectivity index (χ0n) is 10.2. The summed E-state index contributed by atoms with van der Waals surface area (Å²) in [6.45, 7) is 6.08. The minimum Gasteiger partial charge on any atom is -0.397 e. The van der Waals surface area contributed by atoms with Crippen LogP contribution in [0.3, 0.4) is 0 Å². The van der Waals surface area contributed by atoms with Crippen molar-refractivity contribution < 1.29 is 0 Å². The number of nitrogens with two attached hydrogens (primary N) is 1. The zero-order valence-corrected chi connectivity index (χ0v) is 11.0. The molecule has 2 N–H and O–H groups in total. The molecule has 17 heavy (non-hydrogen) atoms. The summed E-state index contributed by atoms with van der Waals surface area (Å²) >= 11 is 1.57. The van der Waals surface area contributed by atoms with Gasteiger partial charge in [0.25, 0.3) is 0 Å². The van der Waals surface area contributed by atoms with Gasteiger partial charge in [-0.05, 0) is 61.9 Å². The summed E-state index contributed by atoms with van der Waals surface area (Å²) in [5.41, 5.74) is 9.70. The van der Waals surface area contributed by atoms with E-state index >= 15 is 0 Å². The number of nitrogens with zero attached hydrogens (tertiary/aromatic N) is 2. The van der Waals surface area contributed by atoms with Crippen LogP contribution >= 0.6 is 11.8 Å². The van der Waals surface area contributed by atoms with Crippen molar-refractivity contribution in [3.63, 3.8) is 0 Å². The minimum atomic E-state index is 0.695. The molecule has 0 aliphatic rings. The number of aryl methyl sites for hydroxylation is 3. The van der Waals surface area contributed by atoms with E-state index in [1.807, 2.05) is 19.9 Å². The van der Waals surface area contributed by atoms with E-state index < -0.39 is 0 Å². The second-order valence-electron chi connectivity index (χ2n) is 4.12. The van der Waals surface area contributed by atoms with Crippen molar-refractivity contribution in [1.82, 2.24) is 9.97 Å². The summed E-state index contributed by atoms with van der Waals surface area (Å²) in [7, 11) is 0. The Bertz CT molecular complexity index is 532. The first-order valence-electron chi connectivity index (χ1n) is 5.40. The molecule has 2 aromatic heterocycles. The molecule has 0 unspecified atom stereocenters. The second kappa shape index (κ2) is 4.75. The Balaban J connectivity index is 2.31. The van der Waals surface area contributed by atoms with Crippen LogP contribution in [0.1, 0.15) is 16.8 Å². The SMILES string of the molecule is Cc1cc(C)nc(Sc2ncc(N)cc2C)c1. The van der Waals surface area contributed by atoms with E-state index in [0.29, 0.717) is 5.69 Å². The number of anilines is 1. The fraction of sp³-hybridized carbons (Fsp3) is 0.231. The number of nitrogen functional groups attached to an aromatic ring is 1. The van der Waals surface area contributed by atoms with E-state index in [0.717, 1.165) is 21.3 Å². The molecule has 0 aliphatic heterocycles. The van der Waals surface area contributed by atoms with Gasteiger partial charge in [0.15, 0.2) is 0 Å². The molecule has 88 valence electrons. The smallest absolute Gasteiger partial charge is 0.105 e. The van der Waals surface area contributed by atoms with Crippen molar-refractivity contribution in [2.45, 2.75) is 30.8 Å². The Kier molecular flexibility index (Phi) is 3.33. The van der Waals surface area contributed by atoms with Crippen LogP contribution in [0, 0.1) is 20.8 Å². The van der Waals surface area contributed by atoms with Gasteiger partial charge in [-0.25, -0.2) is 9.97 Å². The lowest BCUT2D eigenvalue weighted by Crippen LogP contribution is -1.92. The van der Waals surface area contributed by atoms with Gasteiger partial charge in [-0.1, -0.05) is 0 Å². The molecule has 0 aliphatic carbocycles. The molecular weight excluding hydrogens is 230 g/mol. The average molecular weight is 245 g/mol. The Morgan fingerprint density at radius 3 is 2.53 bits per heavy atom. The van der Waals surface area contributed by atoms with Gasteiger partial charge in [-0.3, -0.25) is 0 Å². The first-order valence-corrected chi connectivity index (χ1v) is 6.21. The molecule has 0 amide bonds. The predicted molar refractivity (Wildman–Crippen MR) is 71.2 cm³/mol. The lowest BCUT2D eigenvalue weighted by molar-refractivity contribution is 1.03. The lowest BCUT2D eigenvalue weighted by atomic mass is 10.3. The van der Waals surface area contributed by atoms with Gasteiger partial charge in [-0.2, -0.15) is 0 Å². The number of hydrogen-bond donors (Lipinski definition) is 1. The second-order valence-corrected chi connectivity index (χ2v) is 5.13. The average Bonchev–Trinajstić information content (AvgIpc) is 2.21. The lowest BCUT2D eigenvalue weighted by Gasteiger charge is -2.06. The maximum atomic E-state index is 5.68. The zero-order chi connectivity index (χ0) is 12.4. The highest BCUT2D eigenvalue weighted by Crippen LogP contribution is 2.28. The molecule has 0 atom stereocenters. The fourth-order valence-electron chi connectivity index (χ4n) is 1.65. The Morgan fingerprint density at radius 2 is 1.88 bits per heavy atom. The van der Waals surface area contributed by atoms with E-state index in [4.69, 9.17) is 5.73 Å². The summed E-state index contributed by atoms with van der Waals surface area (Å²) in [6.07, 6.45) is 1.68. The van der Waals surface area contributed by atoms with Crippen LogP contribution in [0.2, 0.25) is 0 Å². The highest BCUT2D eigenvalue weighted by molar-refractivity contribution is 7.99. The van der Waals surface area contributed by atoms with Gasteiger partial charge in [0.1, 0.15) is 10.1 Å². The van der Waals surface area contributed by atoms with Crippen molar-refractivity contribution in [2.75, 3.05) is 5.73 Å². The van der Waals surface area contributed by atoms with Crippen LogP contribution in [0.4, 0.5) is 5.69 Å². The van der Waals surface area contributed by atoms with Crippen LogP contribution < -0.4 is 5.73 Å².